The molecule has 0 radical (unpaired) electrons. The maximum absolute atomic E-state index is 12.1. The standard InChI is InChI=1S/C12H17N5O.2ClH/c13-12(2-3-12)10(18)16-6-8-17(9-7-16)11-14-4-1-5-15-11;;/h1,4-5H,2-3,6-9,13H2;2*1H. The average molecular weight is 320 g/mol. The highest BCUT2D eigenvalue weighted by molar-refractivity contribution is 5.89. The number of aromatic nitrogens is 2. The van der Waals surface area contributed by atoms with Crippen molar-refractivity contribution in [1.29, 1.82) is 0 Å². The van der Waals surface area contributed by atoms with Crippen LogP contribution in [0.25, 0.3) is 0 Å². The minimum Gasteiger partial charge on any atom is -0.338 e. The molecule has 1 aromatic rings. The molecule has 0 aromatic carbocycles. The van der Waals surface area contributed by atoms with Gasteiger partial charge in [0.15, 0.2) is 0 Å². The van der Waals surface area contributed by atoms with E-state index in [1.807, 2.05) is 4.90 Å². The molecule has 1 saturated heterocycles. The van der Waals surface area contributed by atoms with E-state index in [0.717, 1.165) is 31.9 Å². The van der Waals surface area contributed by atoms with E-state index >= 15 is 0 Å². The van der Waals surface area contributed by atoms with Crippen molar-refractivity contribution in [3.8, 4) is 0 Å². The van der Waals surface area contributed by atoms with Crippen LogP contribution in [0, 0.1) is 0 Å². The highest BCUT2D eigenvalue weighted by Gasteiger charge is 2.48. The molecule has 0 bridgehead atoms. The molecule has 0 spiro atoms. The van der Waals surface area contributed by atoms with Crippen molar-refractivity contribution >= 4 is 36.7 Å². The summed E-state index contributed by atoms with van der Waals surface area (Å²) in [6.45, 7) is 2.95. The van der Waals surface area contributed by atoms with Crippen LogP contribution < -0.4 is 10.6 Å². The van der Waals surface area contributed by atoms with E-state index in [9.17, 15) is 4.79 Å². The molecule has 3 rings (SSSR count). The number of halogens is 2. The Morgan fingerprint density at radius 1 is 1.10 bits per heavy atom. The highest BCUT2D eigenvalue weighted by Crippen LogP contribution is 2.34. The van der Waals surface area contributed by atoms with Crippen LogP contribution in [0.2, 0.25) is 0 Å². The summed E-state index contributed by atoms with van der Waals surface area (Å²) in [5.74, 6) is 0.842. The Hall–Kier alpha value is -1.11. The molecule has 2 heterocycles. The van der Waals surface area contributed by atoms with Gasteiger partial charge in [0, 0.05) is 38.6 Å². The zero-order chi connectivity index (χ0) is 12.6. The summed E-state index contributed by atoms with van der Waals surface area (Å²) in [4.78, 5) is 24.5. The molecule has 1 amide bonds. The number of piperazine rings is 1. The number of anilines is 1. The number of nitrogens with two attached hydrogens (primary N) is 1. The summed E-state index contributed by atoms with van der Waals surface area (Å²) in [6.07, 6.45) is 5.12. The lowest BCUT2D eigenvalue weighted by molar-refractivity contribution is -0.133. The second-order valence-corrected chi connectivity index (χ2v) is 4.98. The van der Waals surface area contributed by atoms with Crippen molar-refractivity contribution in [2.75, 3.05) is 31.1 Å². The molecule has 112 valence electrons. The van der Waals surface area contributed by atoms with E-state index in [1.54, 1.807) is 18.5 Å². The number of hydrogen-bond acceptors (Lipinski definition) is 5. The zero-order valence-corrected chi connectivity index (χ0v) is 12.7. The normalized spacial score (nSPS) is 19.6. The minimum atomic E-state index is -0.550. The first-order valence-corrected chi connectivity index (χ1v) is 6.29. The molecule has 2 N–H and O–H groups in total. The summed E-state index contributed by atoms with van der Waals surface area (Å²) >= 11 is 0. The lowest BCUT2D eigenvalue weighted by atomic mass is 10.2. The summed E-state index contributed by atoms with van der Waals surface area (Å²) in [5.41, 5.74) is 5.39. The number of nitrogens with zero attached hydrogens (tertiary/aromatic N) is 4. The first kappa shape index (κ1) is 16.9. The van der Waals surface area contributed by atoms with Crippen LogP contribution in [0.3, 0.4) is 0 Å². The fourth-order valence-electron chi connectivity index (χ4n) is 2.23. The molecular formula is C12H19Cl2N5O. The van der Waals surface area contributed by atoms with Crippen LogP contribution in [0.4, 0.5) is 5.95 Å². The third-order valence-corrected chi connectivity index (χ3v) is 3.62. The summed E-state index contributed by atoms with van der Waals surface area (Å²) in [6, 6.07) is 1.80. The third kappa shape index (κ3) is 3.31. The Kier molecular flexibility index (Phi) is 5.56. The average Bonchev–Trinajstić information content (AvgIpc) is 3.18. The Labute approximate surface area is 130 Å². The molecular weight excluding hydrogens is 301 g/mol. The van der Waals surface area contributed by atoms with E-state index in [1.165, 1.54) is 0 Å². The van der Waals surface area contributed by atoms with Crippen molar-refractivity contribution < 1.29 is 4.79 Å². The molecule has 1 aromatic heterocycles. The molecule has 1 saturated carbocycles. The summed E-state index contributed by atoms with van der Waals surface area (Å²) in [5, 5.41) is 0. The predicted molar refractivity (Wildman–Crippen MR) is 81.5 cm³/mol. The smallest absolute Gasteiger partial charge is 0.242 e. The fourth-order valence-corrected chi connectivity index (χ4v) is 2.23. The van der Waals surface area contributed by atoms with Crippen LogP contribution in [0.15, 0.2) is 18.5 Å². The summed E-state index contributed by atoms with van der Waals surface area (Å²) in [7, 11) is 0. The molecule has 20 heavy (non-hydrogen) atoms. The van der Waals surface area contributed by atoms with Gasteiger partial charge in [-0.05, 0) is 18.9 Å². The van der Waals surface area contributed by atoms with Crippen molar-refractivity contribution in [2.24, 2.45) is 5.73 Å². The number of rotatable bonds is 2. The van der Waals surface area contributed by atoms with Crippen LogP contribution >= 0.6 is 24.8 Å². The van der Waals surface area contributed by atoms with Gasteiger partial charge in [0.25, 0.3) is 0 Å². The SMILES string of the molecule is Cl.Cl.NC1(C(=O)N2CCN(c3ncccn3)CC2)CC1. The number of carbonyl (C=O) groups is 1. The summed E-state index contributed by atoms with van der Waals surface area (Å²) < 4.78 is 0. The van der Waals surface area contributed by atoms with Gasteiger partial charge in [-0.2, -0.15) is 0 Å². The lowest BCUT2D eigenvalue weighted by Crippen LogP contribution is -2.54. The molecule has 0 unspecified atom stereocenters. The molecule has 1 aliphatic heterocycles. The van der Waals surface area contributed by atoms with E-state index in [4.69, 9.17) is 5.73 Å². The molecule has 1 aliphatic carbocycles. The highest BCUT2D eigenvalue weighted by atomic mass is 35.5. The van der Waals surface area contributed by atoms with E-state index < -0.39 is 5.54 Å². The quantitative estimate of drug-likeness (QED) is 0.857. The molecule has 8 heteroatoms. The zero-order valence-electron chi connectivity index (χ0n) is 11.1. The van der Waals surface area contributed by atoms with Crippen LogP contribution in [-0.2, 0) is 4.79 Å². The van der Waals surface area contributed by atoms with Gasteiger partial charge in [-0.25, -0.2) is 9.97 Å². The van der Waals surface area contributed by atoms with Gasteiger partial charge < -0.3 is 15.5 Å². The van der Waals surface area contributed by atoms with E-state index in [2.05, 4.69) is 14.9 Å². The van der Waals surface area contributed by atoms with E-state index in [-0.39, 0.29) is 30.7 Å². The van der Waals surface area contributed by atoms with Gasteiger partial charge in [0.2, 0.25) is 11.9 Å². The van der Waals surface area contributed by atoms with Gasteiger partial charge in [0.05, 0.1) is 5.54 Å². The first-order chi connectivity index (χ1) is 8.69. The maximum Gasteiger partial charge on any atom is 0.242 e. The second kappa shape index (κ2) is 6.56. The van der Waals surface area contributed by atoms with Crippen molar-refractivity contribution in [3.63, 3.8) is 0 Å². The first-order valence-electron chi connectivity index (χ1n) is 6.29. The number of hydrogen-bond donors (Lipinski definition) is 1. The minimum absolute atomic E-state index is 0. The molecule has 0 atom stereocenters. The van der Waals surface area contributed by atoms with Gasteiger partial charge in [-0.1, -0.05) is 0 Å². The topological polar surface area (TPSA) is 75.4 Å². The molecule has 6 nitrogen and oxygen atoms in total. The largest absolute Gasteiger partial charge is 0.338 e. The lowest BCUT2D eigenvalue weighted by Gasteiger charge is -2.35. The fraction of sp³-hybridized carbons (Fsp3) is 0.583. The Balaban J connectivity index is 0.000001000. The van der Waals surface area contributed by atoms with Crippen molar-refractivity contribution in [2.45, 2.75) is 18.4 Å². The van der Waals surface area contributed by atoms with Crippen LogP contribution in [0.5, 0.6) is 0 Å². The van der Waals surface area contributed by atoms with Gasteiger partial charge in [-0.3, -0.25) is 4.79 Å². The van der Waals surface area contributed by atoms with Crippen molar-refractivity contribution in [3.05, 3.63) is 18.5 Å². The number of amides is 1. The Morgan fingerprint density at radius 2 is 1.65 bits per heavy atom. The van der Waals surface area contributed by atoms with E-state index in [0.29, 0.717) is 13.1 Å². The van der Waals surface area contributed by atoms with Crippen LogP contribution in [-0.4, -0.2) is 52.5 Å². The molecule has 2 aliphatic rings. The Morgan fingerprint density at radius 3 is 2.15 bits per heavy atom. The van der Waals surface area contributed by atoms with Crippen molar-refractivity contribution in [1.82, 2.24) is 14.9 Å². The number of carbonyl (C=O) groups excluding carboxylic acids is 1. The maximum atomic E-state index is 12.1. The monoisotopic (exact) mass is 319 g/mol. The third-order valence-electron chi connectivity index (χ3n) is 3.62. The van der Waals surface area contributed by atoms with Gasteiger partial charge in [0.1, 0.15) is 0 Å². The Bertz CT molecular complexity index is 446. The molecule has 2 fully saturated rings. The van der Waals surface area contributed by atoms with Gasteiger partial charge in [-0.15, -0.1) is 24.8 Å². The second-order valence-electron chi connectivity index (χ2n) is 4.98. The van der Waals surface area contributed by atoms with Crippen LogP contribution in [0.1, 0.15) is 12.8 Å². The predicted octanol–water partition coefficient (Wildman–Crippen LogP) is 0.460. The van der Waals surface area contributed by atoms with Gasteiger partial charge >= 0.3 is 0 Å².